The second-order valence-electron chi connectivity index (χ2n) is 19.0. The molecule has 9 heteroatoms. The summed E-state index contributed by atoms with van der Waals surface area (Å²) in [6.07, 6.45) is 35.4. The van der Waals surface area contributed by atoms with Crippen molar-refractivity contribution in [1.82, 2.24) is 9.80 Å². The first-order chi connectivity index (χ1) is 30.7. The molecule has 0 amide bonds. The number of hydrogen-bond acceptors (Lipinski definition) is 9. The van der Waals surface area contributed by atoms with Crippen molar-refractivity contribution < 1.29 is 33.7 Å². The van der Waals surface area contributed by atoms with Crippen LogP contribution in [0.1, 0.15) is 241 Å². The van der Waals surface area contributed by atoms with Gasteiger partial charge in [0.2, 0.25) is 0 Å². The normalized spacial score (nSPS) is 12.0. The van der Waals surface area contributed by atoms with Gasteiger partial charge < -0.3 is 19.3 Å². The van der Waals surface area contributed by atoms with Crippen LogP contribution in [0, 0.1) is 11.8 Å². The lowest BCUT2D eigenvalue weighted by molar-refractivity contribution is -0.149. The number of ether oxygens (including phenoxy) is 3. The lowest BCUT2D eigenvalue weighted by Crippen LogP contribution is -2.37. The van der Waals surface area contributed by atoms with Gasteiger partial charge in [-0.2, -0.15) is 0 Å². The minimum Gasteiger partial charge on any atom is -0.465 e. The number of nitrogens with zero attached hydrogens (tertiary/aromatic N) is 2. The molecule has 63 heavy (non-hydrogen) atoms. The van der Waals surface area contributed by atoms with Crippen LogP contribution in [0.5, 0.6) is 0 Å². The molecule has 0 radical (unpaired) electrons. The van der Waals surface area contributed by atoms with E-state index in [4.69, 9.17) is 14.2 Å². The highest BCUT2D eigenvalue weighted by Crippen LogP contribution is 2.20. The zero-order chi connectivity index (χ0) is 46.4. The lowest BCUT2D eigenvalue weighted by atomic mass is 9.95. The van der Waals surface area contributed by atoms with Crippen molar-refractivity contribution >= 4 is 17.9 Å². The Morgan fingerprint density at radius 1 is 0.429 bits per heavy atom. The summed E-state index contributed by atoms with van der Waals surface area (Å²) in [5, 5.41) is 9.92. The number of rotatable bonds is 48. The van der Waals surface area contributed by atoms with E-state index in [2.05, 4.69) is 57.4 Å². The third kappa shape index (κ3) is 42.4. The SMILES string of the molecule is CCCCCCCCC(CCCCCC)COC(=O)CCCCCN(CC=C(C)C)CCN(CCO)CCCCC(COC(=O)CCCCCCC)COC(=O)CCCCCCC. The number of hydrogen-bond donors (Lipinski definition) is 1. The second-order valence-corrected chi connectivity index (χ2v) is 19.0. The first-order valence-electron chi connectivity index (χ1n) is 26.8. The topological polar surface area (TPSA) is 106 Å². The molecule has 0 aliphatic heterocycles. The van der Waals surface area contributed by atoms with Crippen LogP contribution in [0.4, 0.5) is 0 Å². The van der Waals surface area contributed by atoms with Gasteiger partial charge in [-0.15, -0.1) is 0 Å². The standard InChI is InChI=1S/C54H104N2O7/c1-7-11-15-19-22-25-33-50(32-24-18-14-10-4)46-61-52(58)37-28-23-30-39-55(41-38-49(5)6)42-43-56(44-45-57)40-31-29-34-51(47-62-53(59)35-26-20-16-12-8-2)48-63-54(60)36-27-21-17-13-9-3/h38,50-51,57H,7-37,39-48H2,1-6H3. The third-order valence-electron chi connectivity index (χ3n) is 12.4. The van der Waals surface area contributed by atoms with Gasteiger partial charge in [0.15, 0.2) is 0 Å². The molecule has 9 nitrogen and oxygen atoms in total. The highest BCUT2D eigenvalue weighted by atomic mass is 16.5. The molecule has 0 heterocycles. The number of aliphatic hydroxyl groups excluding tert-OH is 1. The molecule has 0 aliphatic carbocycles. The summed E-state index contributed by atoms with van der Waals surface area (Å²) >= 11 is 0. The van der Waals surface area contributed by atoms with Gasteiger partial charge in [0.25, 0.3) is 0 Å². The molecule has 0 aromatic rings. The summed E-state index contributed by atoms with van der Waals surface area (Å²) in [7, 11) is 0. The van der Waals surface area contributed by atoms with E-state index in [1.54, 1.807) is 0 Å². The summed E-state index contributed by atoms with van der Waals surface area (Å²) < 4.78 is 17.3. The highest BCUT2D eigenvalue weighted by molar-refractivity contribution is 5.70. The van der Waals surface area contributed by atoms with Crippen molar-refractivity contribution in [1.29, 1.82) is 0 Å². The number of carbonyl (C=O) groups is 3. The van der Waals surface area contributed by atoms with Crippen LogP contribution < -0.4 is 0 Å². The van der Waals surface area contributed by atoms with Gasteiger partial charge in [0, 0.05) is 51.4 Å². The molecular formula is C54H104N2O7. The molecule has 0 aromatic carbocycles. The minimum absolute atomic E-state index is 0.0158. The van der Waals surface area contributed by atoms with Gasteiger partial charge in [-0.05, 0) is 84.2 Å². The maximum Gasteiger partial charge on any atom is 0.305 e. The molecule has 0 saturated carbocycles. The maximum absolute atomic E-state index is 12.8. The number of unbranched alkanes of at least 4 members (excludes halogenated alkanes) is 19. The minimum atomic E-state index is -0.154. The molecular weight excluding hydrogens is 789 g/mol. The van der Waals surface area contributed by atoms with Crippen LogP contribution in [0.3, 0.4) is 0 Å². The van der Waals surface area contributed by atoms with Crippen molar-refractivity contribution in [3.63, 3.8) is 0 Å². The summed E-state index contributed by atoms with van der Waals surface area (Å²) in [4.78, 5) is 42.7. The van der Waals surface area contributed by atoms with Crippen molar-refractivity contribution in [2.24, 2.45) is 11.8 Å². The van der Waals surface area contributed by atoms with E-state index in [9.17, 15) is 19.5 Å². The van der Waals surface area contributed by atoms with E-state index in [-0.39, 0.29) is 43.6 Å². The van der Waals surface area contributed by atoms with Crippen molar-refractivity contribution in [2.45, 2.75) is 241 Å². The number of allylic oxidation sites excluding steroid dienone is 1. The molecule has 1 atom stereocenters. The summed E-state index contributed by atoms with van der Waals surface area (Å²) in [5.41, 5.74) is 1.31. The number of esters is 3. The Balaban J connectivity index is 4.93. The molecule has 0 aromatic heterocycles. The Labute approximate surface area is 390 Å². The largest absolute Gasteiger partial charge is 0.465 e. The average Bonchev–Trinajstić information content (AvgIpc) is 3.27. The highest BCUT2D eigenvalue weighted by Gasteiger charge is 2.17. The van der Waals surface area contributed by atoms with Crippen LogP contribution in [-0.4, -0.2) is 98.5 Å². The van der Waals surface area contributed by atoms with E-state index in [0.29, 0.717) is 38.3 Å². The number of carbonyl (C=O) groups excluding carboxylic acids is 3. The monoisotopic (exact) mass is 893 g/mol. The molecule has 372 valence electrons. The Morgan fingerprint density at radius 3 is 1.25 bits per heavy atom. The fraction of sp³-hybridized carbons (Fsp3) is 0.907. The van der Waals surface area contributed by atoms with Gasteiger partial charge in [0.1, 0.15) is 0 Å². The molecule has 0 spiro atoms. The molecule has 0 rings (SSSR count). The predicted molar refractivity (Wildman–Crippen MR) is 265 cm³/mol. The fourth-order valence-electron chi connectivity index (χ4n) is 8.11. The molecule has 1 unspecified atom stereocenters. The molecule has 0 bridgehead atoms. The maximum atomic E-state index is 12.8. The Morgan fingerprint density at radius 2 is 0.778 bits per heavy atom. The van der Waals surface area contributed by atoms with E-state index < -0.39 is 0 Å². The molecule has 0 aliphatic rings. The van der Waals surface area contributed by atoms with Gasteiger partial charge in [-0.1, -0.05) is 168 Å². The first-order valence-corrected chi connectivity index (χ1v) is 26.8. The molecule has 1 N–H and O–H groups in total. The van der Waals surface area contributed by atoms with Gasteiger partial charge in [0.05, 0.1) is 26.4 Å². The van der Waals surface area contributed by atoms with Crippen LogP contribution in [0.2, 0.25) is 0 Å². The summed E-state index contributed by atoms with van der Waals surface area (Å²) in [6, 6.07) is 0. The van der Waals surface area contributed by atoms with E-state index in [0.717, 1.165) is 110 Å². The second kappa shape index (κ2) is 46.6. The lowest BCUT2D eigenvalue weighted by Gasteiger charge is -2.27. The summed E-state index contributed by atoms with van der Waals surface area (Å²) in [6.45, 7) is 19.6. The van der Waals surface area contributed by atoms with Crippen molar-refractivity contribution in [3.8, 4) is 0 Å². The van der Waals surface area contributed by atoms with Crippen molar-refractivity contribution in [2.75, 3.05) is 65.7 Å². The van der Waals surface area contributed by atoms with Gasteiger partial charge in [-0.25, -0.2) is 0 Å². The van der Waals surface area contributed by atoms with Crippen LogP contribution >= 0.6 is 0 Å². The van der Waals surface area contributed by atoms with Crippen LogP contribution in [-0.2, 0) is 28.6 Å². The molecule has 0 fully saturated rings. The van der Waals surface area contributed by atoms with E-state index >= 15 is 0 Å². The zero-order valence-electron chi connectivity index (χ0n) is 42.5. The van der Waals surface area contributed by atoms with Crippen molar-refractivity contribution in [3.05, 3.63) is 11.6 Å². The van der Waals surface area contributed by atoms with Crippen LogP contribution in [0.25, 0.3) is 0 Å². The Bertz CT molecular complexity index is 1030. The predicted octanol–water partition coefficient (Wildman–Crippen LogP) is 13.6. The quantitative estimate of drug-likeness (QED) is 0.0277. The van der Waals surface area contributed by atoms with Gasteiger partial charge in [-0.3, -0.25) is 24.2 Å². The number of aliphatic hydroxyl groups is 1. The fourth-order valence-corrected chi connectivity index (χ4v) is 8.11. The first kappa shape index (κ1) is 61.0. The van der Waals surface area contributed by atoms with E-state index in [1.165, 1.54) is 108 Å². The zero-order valence-corrected chi connectivity index (χ0v) is 42.5. The third-order valence-corrected chi connectivity index (χ3v) is 12.4. The molecule has 0 saturated heterocycles. The van der Waals surface area contributed by atoms with Crippen LogP contribution in [0.15, 0.2) is 11.6 Å². The average molecular weight is 893 g/mol. The van der Waals surface area contributed by atoms with Gasteiger partial charge >= 0.3 is 17.9 Å². The van der Waals surface area contributed by atoms with E-state index in [1.807, 2.05) is 0 Å². The Kier molecular flexibility index (Phi) is 45.1. The smallest absolute Gasteiger partial charge is 0.305 e. The summed E-state index contributed by atoms with van der Waals surface area (Å²) in [5.74, 6) is 0.142. The Hall–Kier alpha value is -1.97.